The van der Waals surface area contributed by atoms with Gasteiger partial charge in [0.15, 0.2) is 0 Å². The Morgan fingerprint density at radius 1 is 1.22 bits per heavy atom. The summed E-state index contributed by atoms with van der Waals surface area (Å²) in [5.41, 5.74) is 5.84. The first-order valence-corrected chi connectivity index (χ1v) is 6.34. The van der Waals surface area contributed by atoms with E-state index in [1.807, 2.05) is 39.8 Å². The zero-order valence-corrected chi connectivity index (χ0v) is 12.1. The Balaban J connectivity index is 2.64. The quantitative estimate of drug-likeness (QED) is 0.882. The van der Waals surface area contributed by atoms with E-state index >= 15 is 0 Å². The SMILES string of the molecule is CC(C)(N)C(C)(C)C(=O)NCc1ccc(Cl)cc1. The summed E-state index contributed by atoms with van der Waals surface area (Å²) in [6.07, 6.45) is 0. The van der Waals surface area contributed by atoms with Crippen molar-refractivity contribution in [2.24, 2.45) is 11.1 Å². The highest BCUT2D eigenvalue weighted by molar-refractivity contribution is 6.30. The number of hydrogen-bond acceptors (Lipinski definition) is 2. The summed E-state index contributed by atoms with van der Waals surface area (Å²) in [6.45, 7) is 7.90. The van der Waals surface area contributed by atoms with Gasteiger partial charge in [-0.25, -0.2) is 0 Å². The maximum atomic E-state index is 12.1. The fourth-order valence-electron chi connectivity index (χ4n) is 1.30. The highest BCUT2D eigenvalue weighted by atomic mass is 35.5. The van der Waals surface area contributed by atoms with Crippen LogP contribution >= 0.6 is 11.6 Å². The topological polar surface area (TPSA) is 55.1 Å². The fraction of sp³-hybridized carbons (Fsp3) is 0.500. The molecule has 0 spiro atoms. The first-order valence-electron chi connectivity index (χ1n) is 5.96. The zero-order valence-electron chi connectivity index (χ0n) is 11.4. The molecule has 0 saturated heterocycles. The van der Waals surface area contributed by atoms with Gasteiger partial charge in [-0.1, -0.05) is 23.7 Å². The van der Waals surface area contributed by atoms with E-state index in [1.165, 1.54) is 0 Å². The molecule has 100 valence electrons. The van der Waals surface area contributed by atoms with Crippen molar-refractivity contribution < 1.29 is 4.79 Å². The van der Waals surface area contributed by atoms with Crippen LogP contribution < -0.4 is 11.1 Å². The van der Waals surface area contributed by atoms with Crippen LogP contribution in [0.25, 0.3) is 0 Å². The van der Waals surface area contributed by atoms with Crippen LogP contribution in [0.5, 0.6) is 0 Å². The Morgan fingerprint density at radius 3 is 2.17 bits per heavy atom. The number of amides is 1. The molecule has 3 N–H and O–H groups in total. The van der Waals surface area contributed by atoms with Crippen molar-refractivity contribution in [1.82, 2.24) is 5.32 Å². The molecule has 1 rings (SSSR count). The molecule has 3 nitrogen and oxygen atoms in total. The maximum absolute atomic E-state index is 12.1. The van der Waals surface area contributed by atoms with Crippen LogP contribution in [-0.4, -0.2) is 11.4 Å². The Morgan fingerprint density at radius 2 is 1.72 bits per heavy atom. The lowest BCUT2D eigenvalue weighted by atomic mass is 9.74. The third-order valence-electron chi connectivity index (χ3n) is 3.54. The van der Waals surface area contributed by atoms with Gasteiger partial charge < -0.3 is 11.1 Å². The lowest BCUT2D eigenvalue weighted by molar-refractivity contribution is -0.132. The van der Waals surface area contributed by atoms with E-state index in [2.05, 4.69) is 5.32 Å². The molecule has 0 aliphatic rings. The summed E-state index contributed by atoms with van der Waals surface area (Å²) in [5, 5.41) is 3.59. The van der Waals surface area contributed by atoms with Crippen molar-refractivity contribution in [3.63, 3.8) is 0 Å². The molecule has 1 amide bonds. The Hall–Kier alpha value is -1.06. The second-order valence-corrected chi connectivity index (χ2v) is 6.09. The Bertz CT molecular complexity index is 418. The maximum Gasteiger partial charge on any atom is 0.227 e. The van der Waals surface area contributed by atoms with Gasteiger partial charge in [-0.15, -0.1) is 0 Å². The van der Waals surface area contributed by atoms with Crippen LogP contribution in [0.3, 0.4) is 0 Å². The normalized spacial score (nSPS) is 12.3. The third kappa shape index (κ3) is 3.47. The average Bonchev–Trinajstić information content (AvgIpc) is 2.26. The molecule has 18 heavy (non-hydrogen) atoms. The van der Waals surface area contributed by atoms with Gasteiger partial charge in [0.25, 0.3) is 0 Å². The van der Waals surface area contributed by atoms with Crippen LogP contribution in [0.4, 0.5) is 0 Å². The van der Waals surface area contributed by atoms with E-state index < -0.39 is 11.0 Å². The number of hydrogen-bond donors (Lipinski definition) is 2. The van der Waals surface area contributed by atoms with Gasteiger partial charge in [0, 0.05) is 17.1 Å². The number of nitrogens with one attached hydrogen (secondary N) is 1. The summed E-state index contributed by atoms with van der Waals surface area (Å²) in [4.78, 5) is 12.1. The smallest absolute Gasteiger partial charge is 0.227 e. The summed E-state index contributed by atoms with van der Waals surface area (Å²) >= 11 is 5.80. The van der Waals surface area contributed by atoms with Gasteiger partial charge in [-0.2, -0.15) is 0 Å². The molecular weight excluding hydrogens is 248 g/mol. The second-order valence-electron chi connectivity index (χ2n) is 5.66. The number of carbonyl (C=O) groups excluding carboxylic acids is 1. The summed E-state index contributed by atoms with van der Waals surface area (Å²) in [7, 11) is 0. The Kier molecular flexibility index (Phi) is 4.41. The molecule has 0 atom stereocenters. The predicted molar refractivity (Wildman–Crippen MR) is 75.3 cm³/mol. The van der Waals surface area contributed by atoms with Gasteiger partial charge in [0.1, 0.15) is 0 Å². The molecule has 0 bridgehead atoms. The standard InChI is InChI=1S/C14H21ClN2O/c1-13(2,14(3,4)16)12(18)17-9-10-5-7-11(15)8-6-10/h5-8H,9,16H2,1-4H3,(H,17,18). The molecule has 0 saturated carbocycles. The zero-order chi connectivity index (χ0) is 14.0. The van der Waals surface area contributed by atoms with E-state index in [-0.39, 0.29) is 5.91 Å². The number of halogens is 1. The van der Waals surface area contributed by atoms with Gasteiger partial charge in [0.2, 0.25) is 5.91 Å². The van der Waals surface area contributed by atoms with Crippen LogP contribution in [0.2, 0.25) is 5.02 Å². The fourth-order valence-corrected chi connectivity index (χ4v) is 1.42. The number of nitrogens with two attached hydrogens (primary N) is 1. The van der Waals surface area contributed by atoms with Gasteiger partial charge in [-0.05, 0) is 45.4 Å². The van der Waals surface area contributed by atoms with Crippen LogP contribution in [0.1, 0.15) is 33.3 Å². The molecule has 0 aliphatic heterocycles. The minimum Gasteiger partial charge on any atom is -0.352 e. The van der Waals surface area contributed by atoms with E-state index in [1.54, 1.807) is 12.1 Å². The lowest BCUT2D eigenvalue weighted by Gasteiger charge is -2.36. The van der Waals surface area contributed by atoms with Crippen molar-refractivity contribution in [2.75, 3.05) is 0 Å². The molecule has 0 aromatic heterocycles. The highest BCUT2D eigenvalue weighted by Gasteiger charge is 2.40. The minimum absolute atomic E-state index is 0.0510. The monoisotopic (exact) mass is 268 g/mol. The van der Waals surface area contributed by atoms with Crippen LogP contribution in [-0.2, 0) is 11.3 Å². The van der Waals surface area contributed by atoms with E-state index in [0.717, 1.165) is 5.56 Å². The summed E-state index contributed by atoms with van der Waals surface area (Å²) < 4.78 is 0. The largest absolute Gasteiger partial charge is 0.352 e. The van der Waals surface area contributed by atoms with E-state index in [9.17, 15) is 4.79 Å². The average molecular weight is 269 g/mol. The molecule has 1 aromatic carbocycles. The summed E-state index contributed by atoms with van der Waals surface area (Å²) in [6, 6.07) is 7.40. The number of benzene rings is 1. The minimum atomic E-state index is -0.626. The van der Waals surface area contributed by atoms with Crippen molar-refractivity contribution in [3.8, 4) is 0 Å². The second kappa shape index (κ2) is 5.29. The highest BCUT2D eigenvalue weighted by Crippen LogP contribution is 2.28. The van der Waals surface area contributed by atoms with Crippen LogP contribution in [0, 0.1) is 5.41 Å². The molecule has 0 fully saturated rings. The van der Waals surface area contributed by atoms with Crippen molar-refractivity contribution in [2.45, 2.75) is 39.8 Å². The molecular formula is C14H21ClN2O. The van der Waals surface area contributed by atoms with Crippen LogP contribution in [0.15, 0.2) is 24.3 Å². The number of rotatable bonds is 4. The molecule has 0 radical (unpaired) electrons. The first-order chi connectivity index (χ1) is 8.14. The van der Waals surface area contributed by atoms with E-state index in [0.29, 0.717) is 11.6 Å². The molecule has 4 heteroatoms. The van der Waals surface area contributed by atoms with Gasteiger partial charge in [-0.3, -0.25) is 4.79 Å². The van der Waals surface area contributed by atoms with Crippen molar-refractivity contribution in [3.05, 3.63) is 34.9 Å². The van der Waals surface area contributed by atoms with Crippen molar-refractivity contribution >= 4 is 17.5 Å². The third-order valence-corrected chi connectivity index (χ3v) is 3.80. The van der Waals surface area contributed by atoms with E-state index in [4.69, 9.17) is 17.3 Å². The first kappa shape index (κ1) is 15.0. The van der Waals surface area contributed by atoms with Crippen molar-refractivity contribution in [1.29, 1.82) is 0 Å². The Labute approximate surface area is 114 Å². The lowest BCUT2D eigenvalue weighted by Crippen LogP contribution is -2.55. The number of carbonyl (C=O) groups is 1. The molecule has 0 unspecified atom stereocenters. The molecule has 0 aliphatic carbocycles. The van der Waals surface area contributed by atoms with Gasteiger partial charge in [0.05, 0.1) is 5.41 Å². The summed E-state index contributed by atoms with van der Waals surface area (Å²) in [5.74, 6) is -0.0510. The predicted octanol–water partition coefficient (Wildman–Crippen LogP) is 2.72. The molecule has 0 heterocycles. The molecule has 1 aromatic rings. The van der Waals surface area contributed by atoms with Gasteiger partial charge >= 0.3 is 0 Å².